The van der Waals surface area contributed by atoms with Gasteiger partial charge in [-0.3, -0.25) is 6.08 Å². The molecule has 0 saturated heterocycles. The molecule has 0 spiro atoms. The average molecular weight is 646 g/mol. The molecular formula is C35H43Cl3SiTi. The minimum absolute atomic E-state index is 0. The predicted octanol–water partition coefficient (Wildman–Crippen LogP) is -1.21. The summed E-state index contributed by atoms with van der Waals surface area (Å²) in [6, 6.07) is 28.6. The van der Waals surface area contributed by atoms with Crippen LogP contribution in [-0.2, 0) is 21.7 Å². The molecular weight excluding hydrogens is 603 g/mol. The fourth-order valence-electron chi connectivity index (χ4n) is 6.00. The maximum absolute atomic E-state index is 3.82. The van der Waals surface area contributed by atoms with Crippen molar-refractivity contribution in [3.8, 4) is 0 Å². The van der Waals surface area contributed by atoms with Crippen molar-refractivity contribution < 1.29 is 58.9 Å². The first-order chi connectivity index (χ1) is 17.1. The first kappa shape index (κ1) is 38.9. The predicted molar refractivity (Wildman–Crippen MR) is 161 cm³/mol. The Morgan fingerprint density at radius 3 is 1.18 bits per heavy atom. The molecule has 0 heterocycles. The van der Waals surface area contributed by atoms with Crippen LogP contribution >= 0.6 is 0 Å². The fraction of sp³-hybridized carbons (Fsp3) is 0.371. The van der Waals surface area contributed by atoms with Gasteiger partial charge in [-0.2, -0.15) is 5.20 Å². The second-order valence-corrected chi connectivity index (χ2v) is 15.4. The molecule has 0 radical (unpaired) electrons. The van der Waals surface area contributed by atoms with Gasteiger partial charge in [0.1, 0.15) is 0 Å². The van der Waals surface area contributed by atoms with E-state index in [4.69, 9.17) is 0 Å². The van der Waals surface area contributed by atoms with Gasteiger partial charge in [-0.25, -0.2) is 11.1 Å². The molecule has 0 nitrogen and oxygen atoms in total. The molecule has 0 bridgehead atoms. The molecule has 4 rings (SSSR count). The molecule has 0 aromatic heterocycles. The van der Waals surface area contributed by atoms with E-state index in [1.54, 1.807) is 5.20 Å². The average Bonchev–Trinajstić information content (AvgIpc) is 3.12. The summed E-state index contributed by atoms with van der Waals surface area (Å²) in [5, 5.41) is 6.08. The van der Waals surface area contributed by atoms with E-state index < -0.39 is 8.07 Å². The quantitative estimate of drug-likeness (QED) is 0.172. The van der Waals surface area contributed by atoms with Gasteiger partial charge in [0.2, 0.25) is 0 Å². The summed E-state index contributed by atoms with van der Waals surface area (Å²) in [4.78, 5) is 0. The minimum Gasteiger partial charge on any atom is -1.00 e. The first-order valence-corrected chi connectivity index (χ1v) is 15.7. The standard InChI is InChI=1S/C35H43Si.3ClH.Ti/c1-23(2)29-13-10-16-32(20-29)36(35-27(8)19-26(7)28(35)9,33-17-11-14-30(21-33)24(3)4)34-18-12-15-31(22-34)25(5)6;;;;/h10-18,20-25,27H,1-9H3;3*1H;/q-1;;;;+4/p-3. The molecule has 1 aliphatic carbocycles. The molecule has 0 N–H and O–H groups in total. The largest absolute Gasteiger partial charge is 4.00 e. The molecule has 3 aromatic rings. The van der Waals surface area contributed by atoms with Gasteiger partial charge in [-0.1, -0.05) is 134 Å². The van der Waals surface area contributed by atoms with Crippen LogP contribution in [0.2, 0.25) is 0 Å². The van der Waals surface area contributed by atoms with Crippen LogP contribution in [0.25, 0.3) is 0 Å². The maximum atomic E-state index is 3.82. The molecule has 0 amide bonds. The topological polar surface area (TPSA) is 0 Å². The third-order valence-corrected chi connectivity index (χ3v) is 13.3. The molecule has 1 unspecified atom stereocenters. The molecule has 40 heavy (non-hydrogen) atoms. The molecule has 1 atom stereocenters. The van der Waals surface area contributed by atoms with E-state index in [-0.39, 0.29) is 58.9 Å². The van der Waals surface area contributed by atoms with Crippen LogP contribution in [0, 0.1) is 12.0 Å². The molecule has 3 aromatic carbocycles. The van der Waals surface area contributed by atoms with E-state index in [2.05, 4.69) is 141 Å². The summed E-state index contributed by atoms with van der Waals surface area (Å²) in [5.74, 6) is 1.76. The van der Waals surface area contributed by atoms with Crippen molar-refractivity contribution in [2.75, 3.05) is 0 Å². The van der Waals surface area contributed by atoms with Crippen LogP contribution in [0.4, 0.5) is 0 Å². The van der Waals surface area contributed by atoms with Gasteiger partial charge in [0.15, 0.2) is 8.07 Å². The van der Waals surface area contributed by atoms with Crippen molar-refractivity contribution in [1.29, 1.82) is 0 Å². The van der Waals surface area contributed by atoms with Gasteiger partial charge < -0.3 is 37.2 Å². The van der Waals surface area contributed by atoms with Crippen molar-refractivity contribution in [3.63, 3.8) is 0 Å². The van der Waals surface area contributed by atoms with Gasteiger partial charge in [0.05, 0.1) is 0 Å². The van der Waals surface area contributed by atoms with E-state index in [9.17, 15) is 0 Å². The number of benzene rings is 3. The van der Waals surface area contributed by atoms with Gasteiger partial charge in [-0.15, -0.1) is 6.92 Å². The molecule has 0 fully saturated rings. The maximum Gasteiger partial charge on any atom is 4.00 e. The summed E-state index contributed by atoms with van der Waals surface area (Å²) in [6.45, 7) is 20.8. The number of hydrogen-bond acceptors (Lipinski definition) is 0. The number of rotatable bonds is 7. The van der Waals surface area contributed by atoms with Crippen molar-refractivity contribution >= 4 is 23.6 Å². The van der Waals surface area contributed by atoms with Crippen molar-refractivity contribution in [2.24, 2.45) is 5.92 Å². The Morgan fingerprint density at radius 1 is 0.600 bits per heavy atom. The van der Waals surface area contributed by atoms with Crippen molar-refractivity contribution in [2.45, 2.75) is 80.1 Å². The van der Waals surface area contributed by atoms with E-state index in [0.717, 1.165) is 0 Å². The zero-order valence-corrected chi connectivity index (χ0v) is 30.2. The molecule has 0 aliphatic heterocycles. The minimum atomic E-state index is -2.59. The second-order valence-electron chi connectivity index (χ2n) is 11.6. The van der Waals surface area contributed by atoms with Gasteiger partial charge >= 0.3 is 21.7 Å². The Bertz CT molecular complexity index is 1200. The van der Waals surface area contributed by atoms with Crippen LogP contribution in [-0.4, -0.2) is 8.07 Å². The Morgan fingerprint density at radius 2 is 0.925 bits per heavy atom. The van der Waals surface area contributed by atoms with Gasteiger partial charge in [-0.05, 0) is 50.0 Å². The van der Waals surface area contributed by atoms with Crippen LogP contribution in [0.3, 0.4) is 0 Å². The molecule has 212 valence electrons. The van der Waals surface area contributed by atoms with E-state index in [1.165, 1.54) is 43.4 Å². The summed E-state index contributed by atoms with van der Waals surface area (Å²) >= 11 is 0. The Kier molecular flexibility index (Phi) is 15.5. The Hall–Kier alpha value is -1.06. The zero-order chi connectivity index (χ0) is 26.2. The van der Waals surface area contributed by atoms with Crippen molar-refractivity contribution in [3.05, 3.63) is 112 Å². The summed E-state index contributed by atoms with van der Waals surface area (Å²) in [5.41, 5.74) is 7.01. The number of halogens is 3. The van der Waals surface area contributed by atoms with E-state index >= 15 is 0 Å². The van der Waals surface area contributed by atoms with Crippen LogP contribution in [0.5, 0.6) is 0 Å². The Balaban J connectivity index is 0.00000380. The van der Waals surface area contributed by atoms with E-state index in [1.807, 2.05) is 0 Å². The van der Waals surface area contributed by atoms with Crippen LogP contribution in [0.1, 0.15) is 96.8 Å². The van der Waals surface area contributed by atoms with Gasteiger partial charge in [0.25, 0.3) is 0 Å². The van der Waals surface area contributed by atoms with E-state index in [0.29, 0.717) is 23.7 Å². The third-order valence-electron chi connectivity index (χ3n) is 8.20. The monoisotopic (exact) mass is 644 g/mol. The molecule has 1 aliphatic rings. The zero-order valence-electron chi connectivity index (χ0n) is 25.4. The van der Waals surface area contributed by atoms with Crippen LogP contribution in [0.15, 0.2) is 89.1 Å². The van der Waals surface area contributed by atoms with Crippen molar-refractivity contribution in [1.82, 2.24) is 0 Å². The Labute approximate surface area is 278 Å². The molecule has 5 heteroatoms. The first-order valence-electron chi connectivity index (χ1n) is 13.7. The van der Waals surface area contributed by atoms with Crippen LogP contribution < -0.4 is 52.8 Å². The second kappa shape index (κ2) is 16.0. The summed E-state index contributed by atoms with van der Waals surface area (Å²) < 4.78 is 0. The summed E-state index contributed by atoms with van der Waals surface area (Å²) in [6.07, 6.45) is 3.82. The third kappa shape index (κ3) is 7.28. The summed E-state index contributed by atoms with van der Waals surface area (Å²) in [7, 11) is -2.59. The SMILES string of the molecule is CC1=[C-]C(C)C([Si](c2cccc(C(C)C)c2)(c2cccc(C(C)C)c2)c2cccc(C(C)C)c2)=C1C.[Cl-].[Cl-].[Cl-].[Ti+4]. The number of allylic oxidation sites excluding steroid dienone is 4. The number of hydrogen-bond donors (Lipinski definition) is 0. The smallest absolute Gasteiger partial charge is 1.00 e. The van der Waals surface area contributed by atoms with Gasteiger partial charge in [0, 0.05) is 0 Å². The molecule has 0 saturated carbocycles. The fourth-order valence-corrected chi connectivity index (χ4v) is 11.6. The normalized spacial score (nSPS) is 14.8.